The first-order chi connectivity index (χ1) is 14.9. The Morgan fingerprint density at radius 3 is 2.09 bits per heavy atom. The van der Waals surface area contributed by atoms with Crippen LogP contribution in [0.2, 0.25) is 0 Å². The Labute approximate surface area is 190 Å². The predicted octanol–water partition coefficient (Wildman–Crippen LogP) is 4.47. The topological polar surface area (TPSA) is 90.0 Å². The van der Waals surface area contributed by atoms with Crippen LogP contribution in [0.5, 0.6) is 5.75 Å². The maximum atomic E-state index is 15.2. The summed E-state index contributed by atoms with van der Waals surface area (Å²) in [6.45, 7) is 8.18. The third-order valence-corrected chi connectivity index (χ3v) is 6.42. The summed E-state index contributed by atoms with van der Waals surface area (Å²) < 4.78 is 85.2. The molecule has 1 aliphatic rings. The van der Waals surface area contributed by atoms with E-state index < -0.39 is 44.3 Å². The van der Waals surface area contributed by atoms with E-state index in [1.54, 1.807) is 27.7 Å². The van der Waals surface area contributed by atoms with Crippen molar-refractivity contribution < 1.29 is 44.5 Å². The van der Waals surface area contributed by atoms with Crippen LogP contribution in [-0.2, 0) is 31.5 Å². The number of ketones is 1. The summed E-state index contributed by atoms with van der Waals surface area (Å²) in [5, 5.41) is 0. The van der Waals surface area contributed by atoms with Gasteiger partial charge < -0.3 is 13.8 Å². The third-order valence-electron chi connectivity index (χ3n) is 5.44. The van der Waals surface area contributed by atoms with Crippen molar-refractivity contribution in [2.45, 2.75) is 70.4 Å². The second-order valence-corrected chi connectivity index (χ2v) is 10.4. The van der Waals surface area contributed by atoms with Gasteiger partial charge in [0.25, 0.3) is 0 Å². The number of rotatable bonds is 5. The van der Waals surface area contributed by atoms with Crippen LogP contribution in [-0.4, -0.2) is 49.4 Å². The summed E-state index contributed by atoms with van der Waals surface area (Å²) in [5.74, 6) is -2.27. The van der Waals surface area contributed by atoms with Crippen molar-refractivity contribution in [2.75, 3.05) is 13.1 Å². The zero-order valence-electron chi connectivity index (χ0n) is 19.0. The number of hydrogen-bond donors (Lipinski definition) is 0. The molecule has 2 rings (SSSR count). The SMILES string of the molecule is CCc1cc(OS(=O)(=O)C(F)(F)F)cc(F)c1C1(C(C)=O)CCN(C(=O)OC(C)(C)C)CC1. The van der Waals surface area contributed by atoms with Crippen LogP contribution in [0.3, 0.4) is 0 Å². The normalized spacial score (nSPS) is 16.9. The number of likely N-dealkylation sites (tertiary alicyclic amines) is 1. The summed E-state index contributed by atoms with van der Waals surface area (Å²) >= 11 is 0. The Balaban J connectivity index is 2.42. The second kappa shape index (κ2) is 9.11. The van der Waals surface area contributed by atoms with Gasteiger partial charge in [-0.1, -0.05) is 6.92 Å². The molecule has 1 fully saturated rings. The smallest absolute Gasteiger partial charge is 0.444 e. The van der Waals surface area contributed by atoms with Crippen molar-refractivity contribution in [1.29, 1.82) is 0 Å². The zero-order chi connectivity index (χ0) is 25.4. The number of carbonyl (C=O) groups is 2. The van der Waals surface area contributed by atoms with Crippen molar-refractivity contribution in [3.63, 3.8) is 0 Å². The number of amides is 1. The minimum Gasteiger partial charge on any atom is -0.444 e. The molecule has 186 valence electrons. The molecule has 1 saturated heterocycles. The predicted molar refractivity (Wildman–Crippen MR) is 111 cm³/mol. The second-order valence-electron chi connectivity index (χ2n) is 8.88. The minimum absolute atomic E-state index is 0.0295. The van der Waals surface area contributed by atoms with Crippen LogP contribution in [0.25, 0.3) is 0 Å². The molecule has 1 amide bonds. The monoisotopic (exact) mass is 497 g/mol. The lowest BCUT2D eigenvalue weighted by Gasteiger charge is -2.41. The largest absolute Gasteiger partial charge is 0.534 e. The van der Waals surface area contributed by atoms with E-state index >= 15 is 4.39 Å². The van der Waals surface area contributed by atoms with E-state index in [-0.39, 0.29) is 49.3 Å². The summed E-state index contributed by atoms with van der Waals surface area (Å²) in [7, 11) is -5.99. The highest BCUT2D eigenvalue weighted by Gasteiger charge is 2.49. The van der Waals surface area contributed by atoms with E-state index in [1.165, 1.54) is 11.8 Å². The molecule has 0 unspecified atom stereocenters. The number of aryl methyl sites for hydroxylation is 1. The van der Waals surface area contributed by atoms with Gasteiger partial charge >= 0.3 is 21.7 Å². The molecule has 0 aliphatic carbocycles. The summed E-state index contributed by atoms with van der Waals surface area (Å²) in [6.07, 6.45) is -0.351. The lowest BCUT2D eigenvalue weighted by Crippen LogP contribution is -2.50. The molecule has 0 N–H and O–H groups in total. The van der Waals surface area contributed by atoms with Crippen LogP contribution in [0.1, 0.15) is 58.6 Å². The molecule has 0 aromatic heterocycles. The van der Waals surface area contributed by atoms with E-state index in [1.807, 2.05) is 0 Å². The van der Waals surface area contributed by atoms with Crippen LogP contribution >= 0.6 is 0 Å². The molecular weight excluding hydrogens is 470 g/mol. The van der Waals surface area contributed by atoms with Gasteiger partial charge in [0.2, 0.25) is 0 Å². The van der Waals surface area contributed by atoms with Crippen LogP contribution in [0.4, 0.5) is 22.4 Å². The number of carbonyl (C=O) groups excluding carboxylic acids is 2. The van der Waals surface area contributed by atoms with Crippen LogP contribution in [0, 0.1) is 5.82 Å². The maximum absolute atomic E-state index is 15.2. The van der Waals surface area contributed by atoms with E-state index in [4.69, 9.17) is 4.74 Å². The standard InChI is InChI=1S/C21H27F4NO6S/c1-6-14-11-15(32-33(29,30)21(23,24)25)12-16(22)17(14)20(13(2)27)7-9-26(10-8-20)18(28)31-19(3,4)5/h11-12H,6-10H2,1-5H3. The van der Waals surface area contributed by atoms with Gasteiger partial charge in [-0.3, -0.25) is 4.79 Å². The quantitative estimate of drug-likeness (QED) is 0.339. The van der Waals surface area contributed by atoms with Gasteiger partial charge in [-0.15, -0.1) is 0 Å². The fourth-order valence-electron chi connectivity index (χ4n) is 3.85. The number of Topliss-reactive ketones (excluding diaryl/α,β-unsaturated/α-hetero) is 1. The van der Waals surface area contributed by atoms with Crippen LogP contribution < -0.4 is 4.18 Å². The first kappa shape index (κ1) is 26.9. The lowest BCUT2D eigenvalue weighted by molar-refractivity contribution is -0.124. The summed E-state index contributed by atoms with van der Waals surface area (Å²) in [5.41, 5.74) is -7.62. The van der Waals surface area contributed by atoms with E-state index in [0.717, 1.165) is 6.07 Å². The van der Waals surface area contributed by atoms with Crippen molar-refractivity contribution in [3.8, 4) is 5.75 Å². The number of alkyl halides is 3. The number of hydrogen-bond acceptors (Lipinski definition) is 6. The van der Waals surface area contributed by atoms with E-state index in [2.05, 4.69) is 4.18 Å². The van der Waals surface area contributed by atoms with Gasteiger partial charge in [0.15, 0.2) is 0 Å². The Hall–Kier alpha value is -2.37. The molecule has 0 bridgehead atoms. The number of nitrogens with zero attached hydrogens (tertiary/aromatic N) is 1. The number of ether oxygens (including phenoxy) is 1. The first-order valence-corrected chi connectivity index (χ1v) is 11.7. The van der Waals surface area contributed by atoms with Crippen molar-refractivity contribution >= 4 is 22.0 Å². The van der Waals surface area contributed by atoms with Crippen molar-refractivity contribution in [3.05, 3.63) is 29.1 Å². The Kier molecular flexibility index (Phi) is 7.42. The molecule has 7 nitrogen and oxygen atoms in total. The van der Waals surface area contributed by atoms with Gasteiger partial charge in [0, 0.05) is 24.7 Å². The molecule has 0 atom stereocenters. The molecule has 1 aromatic carbocycles. The van der Waals surface area contributed by atoms with Crippen LogP contribution in [0.15, 0.2) is 12.1 Å². The Morgan fingerprint density at radius 1 is 1.12 bits per heavy atom. The highest BCUT2D eigenvalue weighted by Crippen LogP contribution is 2.42. The summed E-state index contributed by atoms with van der Waals surface area (Å²) in [4.78, 5) is 26.5. The van der Waals surface area contributed by atoms with Gasteiger partial charge in [-0.25, -0.2) is 9.18 Å². The molecule has 12 heteroatoms. The lowest BCUT2D eigenvalue weighted by atomic mass is 9.68. The highest BCUT2D eigenvalue weighted by atomic mass is 32.2. The molecular formula is C21H27F4NO6S. The Morgan fingerprint density at radius 2 is 1.67 bits per heavy atom. The number of halogens is 4. The third kappa shape index (κ3) is 5.77. The van der Waals surface area contributed by atoms with Gasteiger partial charge in [-0.05, 0) is 58.6 Å². The molecule has 0 saturated carbocycles. The van der Waals surface area contributed by atoms with Crippen molar-refractivity contribution in [2.24, 2.45) is 0 Å². The average molecular weight is 498 g/mol. The van der Waals surface area contributed by atoms with Gasteiger partial charge in [0.1, 0.15) is 23.0 Å². The number of piperidine rings is 1. The molecule has 33 heavy (non-hydrogen) atoms. The highest BCUT2D eigenvalue weighted by molar-refractivity contribution is 7.88. The molecule has 0 radical (unpaired) electrons. The Bertz CT molecular complexity index is 1020. The fourth-order valence-corrected chi connectivity index (χ4v) is 4.29. The van der Waals surface area contributed by atoms with Gasteiger partial charge in [-0.2, -0.15) is 21.6 Å². The van der Waals surface area contributed by atoms with Gasteiger partial charge in [0.05, 0.1) is 5.41 Å². The molecule has 0 spiro atoms. The zero-order valence-corrected chi connectivity index (χ0v) is 19.8. The van der Waals surface area contributed by atoms with E-state index in [0.29, 0.717) is 6.07 Å². The number of benzene rings is 1. The maximum Gasteiger partial charge on any atom is 0.534 e. The summed E-state index contributed by atoms with van der Waals surface area (Å²) in [6, 6.07) is 1.52. The fraction of sp³-hybridized carbons (Fsp3) is 0.619. The molecule has 1 aromatic rings. The molecule has 1 aliphatic heterocycles. The minimum atomic E-state index is -5.99. The first-order valence-electron chi connectivity index (χ1n) is 10.3. The molecule has 1 heterocycles. The average Bonchev–Trinajstić information content (AvgIpc) is 2.64. The van der Waals surface area contributed by atoms with Crippen molar-refractivity contribution in [1.82, 2.24) is 4.90 Å². The van der Waals surface area contributed by atoms with E-state index in [9.17, 15) is 31.2 Å².